The summed E-state index contributed by atoms with van der Waals surface area (Å²) < 4.78 is 22.3. The van der Waals surface area contributed by atoms with Crippen LogP contribution < -0.4 is 5.32 Å². The fourth-order valence-electron chi connectivity index (χ4n) is 1.36. The van der Waals surface area contributed by atoms with Gasteiger partial charge in [0.2, 0.25) is 0 Å². The molecule has 0 amide bonds. The van der Waals surface area contributed by atoms with Crippen molar-refractivity contribution in [3.05, 3.63) is 0 Å². The summed E-state index contributed by atoms with van der Waals surface area (Å²) in [5, 5.41) is 11.9. The van der Waals surface area contributed by atoms with E-state index in [1.807, 2.05) is 0 Å². The predicted octanol–water partition coefficient (Wildman–Crippen LogP) is -0.856. The Labute approximate surface area is 72.9 Å². The van der Waals surface area contributed by atoms with Gasteiger partial charge in [0, 0.05) is 12.8 Å². The molecule has 5 heteroatoms. The smallest absolute Gasteiger partial charge is 0.151 e. The van der Waals surface area contributed by atoms with Crippen LogP contribution in [-0.2, 0) is 9.84 Å². The monoisotopic (exact) mass is 193 g/mol. The van der Waals surface area contributed by atoms with Crippen LogP contribution in [0.2, 0.25) is 0 Å². The van der Waals surface area contributed by atoms with Crippen molar-refractivity contribution in [2.45, 2.75) is 24.2 Å². The summed E-state index contributed by atoms with van der Waals surface area (Å²) in [5.41, 5.74) is 0. The summed E-state index contributed by atoms with van der Waals surface area (Å²) in [5.74, 6) is 0. The molecule has 0 aromatic rings. The van der Waals surface area contributed by atoms with Crippen molar-refractivity contribution in [1.82, 2.24) is 5.32 Å². The van der Waals surface area contributed by atoms with E-state index < -0.39 is 21.2 Å². The highest BCUT2D eigenvalue weighted by Gasteiger charge is 2.25. The first kappa shape index (κ1) is 9.95. The SMILES string of the molecule is CS(=O)(=O)C1CNCCC(O)C1. The molecule has 0 bridgehead atoms. The van der Waals surface area contributed by atoms with Crippen LogP contribution in [0.1, 0.15) is 12.8 Å². The Hall–Kier alpha value is -0.130. The molecule has 72 valence electrons. The molecule has 1 heterocycles. The van der Waals surface area contributed by atoms with Crippen LogP contribution >= 0.6 is 0 Å². The lowest BCUT2D eigenvalue weighted by Crippen LogP contribution is -2.31. The van der Waals surface area contributed by atoms with Gasteiger partial charge in [0.15, 0.2) is 9.84 Å². The molecule has 2 N–H and O–H groups in total. The van der Waals surface area contributed by atoms with Gasteiger partial charge in [-0.15, -0.1) is 0 Å². The quantitative estimate of drug-likeness (QED) is 0.569. The summed E-state index contributed by atoms with van der Waals surface area (Å²) in [7, 11) is -3.00. The molecule has 0 aromatic carbocycles. The predicted molar refractivity (Wildman–Crippen MR) is 46.7 cm³/mol. The van der Waals surface area contributed by atoms with E-state index in [1.54, 1.807) is 0 Å². The minimum absolute atomic E-state index is 0.367. The van der Waals surface area contributed by atoms with Crippen LogP contribution in [0.15, 0.2) is 0 Å². The molecule has 4 nitrogen and oxygen atoms in total. The zero-order valence-corrected chi connectivity index (χ0v) is 7.97. The van der Waals surface area contributed by atoms with Crippen LogP contribution in [0.3, 0.4) is 0 Å². The molecule has 1 saturated heterocycles. The average molecular weight is 193 g/mol. The fourth-order valence-corrected chi connectivity index (χ4v) is 2.35. The molecule has 0 saturated carbocycles. The number of rotatable bonds is 1. The van der Waals surface area contributed by atoms with E-state index in [0.717, 1.165) is 0 Å². The van der Waals surface area contributed by atoms with Crippen LogP contribution in [-0.4, -0.2) is 44.2 Å². The van der Waals surface area contributed by atoms with Crippen molar-refractivity contribution in [3.63, 3.8) is 0 Å². The van der Waals surface area contributed by atoms with Crippen molar-refractivity contribution in [2.75, 3.05) is 19.3 Å². The van der Waals surface area contributed by atoms with E-state index in [9.17, 15) is 13.5 Å². The summed E-state index contributed by atoms with van der Waals surface area (Å²) in [6.07, 6.45) is 1.76. The average Bonchev–Trinajstić information content (AvgIpc) is 2.11. The minimum atomic E-state index is -3.00. The Morgan fingerprint density at radius 3 is 2.75 bits per heavy atom. The fraction of sp³-hybridized carbons (Fsp3) is 1.00. The number of sulfone groups is 1. The Morgan fingerprint density at radius 2 is 2.17 bits per heavy atom. The van der Waals surface area contributed by atoms with Gasteiger partial charge in [-0.2, -0.15) is 0 Å². The first-order chi connectivity index (χ1) is 5.50. The number of aliphatic hydroxyl groups is 1. The summed E-state index contributed by atoms with van der Waals surface area (Å²) >= 11 is 0. The van der Waals surface area contributed by atoms with E-state index in [0.29, 0.717) is 25.9 Å². The number of hydrogen-bond donors (Lipinski definition) is 2. The van der Waals surface area contributed by atoms with Crippen LogP contribution in [0.4, 0.5) is 0 Å². The third-order valence-corrected chi connectivity index (χ3v) is 3.74. The van der Waals surface area contributed by atoms with E-state index in [2.05, 4.69) is 5.32 Å². The van der Waals surface area contributed by atoms with Gasteiger partial charge < -0.3 is 10.4 Å². The third kappa shape index (κ3) is 2.73. The maximum Gasteiger partial charge on any atom is 0.151 e. The zero-order valence-electron chi connectivity index (χ0n) is 7.16. The van der Waals surface area contributed by atoms with Gasteiger partial charge in [-0.05, 0) is 19.4 Å². The number of nitrogens with one attached hydrogen (secondary N) is 1. The molecule has 1 aliphatic rings. The summed E-state index contributed by atoms with van der Waals surface area (Å²) in [4.78, 5) is 0. The van der Waals surface area contributed by atoms with Gasteiger partial charge in [0.05, 0.1) is 11.4 Å². The van der Waals surface area contributed by atoms with Gasteiger partial charge >= 0.3 is 0 Å². The van der Waals surface area contributed by atoms with E-state index in [1.165, 1.54) is 6.26 Å². The molecular formula is C7H15NO3S. The van der Waals surface area contributed by atoms with Gasteiger partial charge in [-0.1, -0.05) is 0 Å². The topological polar surface area (TPSA) is 66.4 Å². The molecule has 2 atom stereocenters. The lowest BCUT2D eigenvalue weighted by Gasteiger charge is -2.13. The summed E-state index contributed by atoms with van der Waals surface area (Å²) in [6.45, 7) is 1.17. The van der Waals surface area contributed by atoms with Gasteiger partial charge in [0.1, 0.15) is 0 Å². The highest BCUT2D eigenvalue weighted by atomic mass is 32.2. The van der Waals surface area contributed by atoms with Crippen molar-refractivity contribution in [3.8, 4) is 0 Å². The minimum Gasteiger partial charge on any atom is -0.393 e. The Bertz CT molecular complexity index is 237. The van der Waals surface area contributed by atoms with Gasteiger partial charge in [-0.25, -0.2) is 8.42 Å². The van der Waals surface area contributed by atoms with Gasteiger partial charge in [0.25, 0.3) is 0 Å². The third-order valence-electron chi connectivity index (χ3n) is 2.17. The first-order valence-corrected chi connectivity index (χ1v) is 6.03. The van der Waals surface area contributed by atoms with Crippen LogP contribution in [0.5, 0.6) is 0 Å². The molecule has 12 heavy (non-hydrogen) atoms. The zero-order chi connectivity index (χ0) is 9.19. The lowest BCUT2D eigenvalue weighted by atomic mass is 10.2. The standard InChI is InChI=1S/C7H15NO3S/c1-12(10,11)7-4-6(9)2-3-8-5-7/h6-9H,2-5H2,1H3. The second-order valence-corrected chi connectivity index (χ2v) is 5.66. The van der Waals surface area contributed by atoms with Crippen molar-refractivity contribution in [1.29, 1.82) is 0 Å². The normalized spacial score (nSPS) is 32.8. The Morgan fingerprint density at radius 1 is 1.50 bits per heavy atom. The second-order valence-electron chi connectivity index (χ2n) is 3.33. The molecule has 1 aliphatic heterocycles. The highest BCUT2D eigenvalue weighted by molar-refractivity contribution is 7.91. The largest absolute Gasteiger partial charge is 0.393 e. The first-order valence-electron chi connectivity index (χ1n) is 4.08. The Balaban J connectivity index is 2.65. The Kier molecular flexibility index (Phi) is 3.09. The molecular weight excluding hydrogens is 178 g/mol. The highest BCUT2D eigenvalue weighted by Crippen LogP contribution is 2.11. The molecule has 0 aromatic heterocycles. The molecule has 1 fully saturated rings. The van der Waals surface area contributed by atoms with Crippen molar-refractivity contribution in [2.24, 2.45) is 0 Å². The molecule has 0 radical (unpaired) electrons. The van der Waals surface area contributed by atoms with Crippen LogP contribution in [0.25, 0.3) is 0 Å². The maximum atomic E-state index is 11.1. The number of aliphatic hydroxyl groups excluding tert-OH is 1. The van der Waals surface area contributed by atoms with E-state index in [-0.39, 0.29) is 0 Å². The van der Waals surface area contributed by atoms with E-state index >= 15 is 0 Å². The lowest BCUT2D eigenvalue weighted by molar-refractivity contribution is 0.161. The van der Waals surface area contributed by atoms with Crippen molar-refractivity contribution >= 4 is 9.84 Å². The molecule has 0 aliphatic carbocycles. The van der Waals surface area contributed by atoms with E-state index in [4.69, 9.17) is 0 Å². The molecule has 1 rings (SSSR count). The summed E-state index contributed by atoms with van der Waals surface area (Å²) in [6, 6.07) is 0. The molecule has 0 spiro atoms. The molecule has 2 unspecified atom stereocenters. The number of hydrogen-bond acceptors (Lipinski definition) is 4. The van der Waals surface area contributed by atoms with Crippen molar-refractivity contribution < 1.29 is 13.5 Å². The van der Waals surface area contributed by atoms with Crippen LogP contribution in [0, 0.1) is 0 Å². The second kappa shape index (κ2) is 3.72. The van der Waals surface area contributed by atoms with Gasteiger partial charge in [-0.3, -0.25) is 0 Å². The maximum absolute atomic E-state index is 11.1.